The number of hydrogen-bond acceptors (Lipinski definition) is 5. The Labute approximate surface area is 74.7 Å². The summed E-state index contributed by atoms with van der Waals surface area (Å²) in [4.78, 5) is 3.82. The predicted molar refractivity (Wildman–Crippen MR) is 44.5 cm³/mol. The molecule has 0 atom stereocenters. The van der Waals surface area contributed by atoms with Gasteiger partial charge in [-0.15, -0.1) is 0 Å². The third-order valence-corrected chi connectivity index (χ3v) is 4.59. The number of sulfone groups is 1. The van der Waals surface area contributed by atoms with E-state index in [1.807, 2.05) is 0 Å². The van der Waals surface area contributed by atoms with Crippen LogP contribution in [0.1, 0.15) is 18.7 Å². The fraction of sp³-hybridized carbons (Fsp3) is 0.667. The van der Waals surface area contributed by atoms with Crippen molar-refractivity contribution in [3.05, 3.63) is 11.3 Å². The molecule has 0 N–H and O–H groups in total. The van der Waals surface area contributed by atoms with Gasteiger partial charge >= 0.3 is 0 Å². The first-order chi connectivity index (χ1) is 5.56. The molecule has 12 heavy (non-hydrogen) atoms. The van der Waals surface area contributed by atoms with E-state index < -0.39 is 14.6 Å². The molecule has 4 nitrogen and oxygen atoms in total. The normalized spacial score (nSPS) is 20.8. The van der Waals surface area contributed by atoms with E-state index >= 15 is 0 Å². The van der Waals surface area contributed by atoms with E-state index in [9.17, 15) is 8.42 Å². The number of nitrogens with zero attached hydrogens (tertiary/aromatic N) is 2. The molecule has 1 aliphatic carbocycles. The van der Waals surface area contributed by atoms with E-state index in [-0.39, 0.29) is 0 Å². The van der Waals surface area contributed by atoms with Crippen molar-refractivity contribution >= 4 is 21.4 Å². The zero-order valence-corrected chi connectivity index (χ0v) is 8.07. The smallest absolute Gasteiger partial charge is 0.174 e. The van der Waals surface area contributed by atoms with E-state index in [2.05, 4.69) is 14.9 Å². The fourth-order valence-corrected chi connectivity index (χ4v) is 3.00. The summed E-state index contributed by atoms with van der Waals surface area (Å²) in [7, 11) is -3.05. The second-order valence-corrected chi connectivity index (χ2v) is 5.85. The molecule has 0 bridgehead atoms. The maximum Gasteiger partial charge on any atom is 0.174 e. The highest BCUT2D eigenvalue weighted by Crippen LogP contribution is 2.50. The van der Waals surface area contributed by atoms with E-state index in [1.165, 1.54) is 6.26 Å². The Balaban J connectivity index is 2.49. The molecule has 2 rings (SSSR count). The van der Waals surface area contributed by atoms with Gasteiger partial charge in [0.1, 0.15) is 4.75 Å². The van der Waals surface area contributed by atoms with Crippen LogP contribution in [-0.2, 0) is 14.6 Å². The van der Waals surface area contributed by atoms with Crippen LogP contribution < -0.4 is 0 Å². The van der Waals surface area contributed by atoms with Crippen LogP contribution in [0.25, 0.3) is 0 Å². The van der Waals surface area contributed by atoms with E-state index in [0.717, 1.165) is 11.5 Å². The van der Waals surface area contributed by atoms with Crippen molar-refractivity contribution in [3.63, 3.8) is 0 Å². The summed E-state index contributed by atoms with van der Waals surface area (Å²) in [6, 6.07) is 0. The van der Waals surface area contributed by atoms with Crippen molar-refractivity contribution < 1.29 is 8.42 Å². The molecular weight excluding hydrogens is 196 g/mol. The van der Waals surface area contributed by atoms with Crippen molar-refractivity contribution in [2.45, 2.75) is 17.6 Å². The van der Waals surface area contributed by atoms with Crippen LogP contribution in [0.2, 0.25) is 0 Å². The largest absolute Gasteiger partial charge is 0.228 e. The minimum Gasteiger partial charge on any atom is -0.228 e. The van der Waals surface area contributed by atoms with Crippen LogP contribution in [0, 0.1) is 5.51 Å². The van der Waals surface area contributed by atoms with Gasteiger partial charge in [0.25, 0.3) is 0 Å². The molecule has 0 spiro atoms. The zero-order chi connectivity index (χ0) is 8.82. The van der Waals surface area contributed by atoms with Gasteiger partial charge in [-0.3, -0.25) is 0 Å². The molecule has 1 aromatic rings. The van der Waals surface area contributed by atoms with Crippen molar-refractivity contribution in [1.29, 1.82) is 0 Å². The Hall–Kier alpha value is -0.490. The average Bonchev–Trinajstić information content (AvgIpc) is 2.61. The molecule has 0 unspecified atom stereocenters. The summed E-state index contributed by atoms with van der Waals surface area (Å²) < 4.78 is 25.8. The molecule has 1 aliphatic rings. The Morgan fingerprint density at radius 3 is 2.58 bits per heavy atom. The molecule has 0 amide bonds. The van der Waals surface area contributed by atoms with Crippen molar-refractivity contribution in [3.8, 4) is 0 Å². The third kappa shape index (κ3) is 0.980. The van der Waals surface area contributed by atoms with Crippen LogP contribution in [0.15, 0.2) is 0 Å². The van der Waals surface area contributed by atoms with Gasteiger partial charge in [-0.2, -0.15) is 4.37 Å². The molecule has 0 saturated heterocycles. The quantitative estimate of drug-likeness (QED) is 0.697. The van der Waals surface area contributed by atoms with E-state index in [0.29, 0.717) is 18.7 Å². The lowest BCUT2D eigenvalue weighted by Gasteiger charge is -2.06. The summed E-state index contributed by atoms with van der Waals surface area (Å²) in [5.41, 5.74) is 2.56. The Morgan fingerprint density at radius 1 is 1.58 bits per heavy atom. The van der Waals surface area contributed by atoms with Gasteiger partial charge in [-0.05, 0) is 24.4 Å². The van der Waals surface area contributed by atoms with Crippen molar-refractivity contribution in [1.82, 2.24) is 9.36 Å². The van der Waals surface area contributed by atoms with Crippen LogP contribution >= 0.6 is 11.5 Å². The Morgan fingerprint density at radius 2 is 2.25 bits per heavy atom. The molecule has 1 saturated carbocycles. The lowest BCUT2D eigenvalue weighted by Crippen LogP contribution is -2.20. The van der Waals surface area contributed by atoms with Crippen LogP contribution in [0.4, 0.5) is 0 Å². The fourth-order valence-electron chi connectivity index (χ4n) is 1.21. The van der Waals surface area contributed by atoms with Gasteiger partial charge < -0.3 is 0 Å². The van der Waals surface area contributed by atoms with E-state index in [4.69, 9.17) is 0 Å². The number of hydrogen-bond donors (Lipinski definition) is 0. The van der Waals surface area contributed by atoms with Crippen molar-refractivity contribution in [2.24, 2.45) is 0 Å². The molecule has 65 valence electrons. The van der Waals surface area contributed by atoms with Gasteiger partial charge in [0, 0.05) is 6.26 Å². The molecule has 0 aromatic carbocycles. The Kier molecular flexibility index (Phi) is 1.53. The highest BCUT2D eigenvalue weighted by molar-refractivity contribution is 7.91. The predicted octanol–water partition coefficient (Wildman–Crippen LogP) is 0.372. The lowest BCUT2D eigenvalue weighted by atomic mass is 10.4. The standard InChI is InChI=1S/C6H7N2O2S2/c1-12(9,10)6(2-3-6)5-7-4-11-8-5/h2-3H2,1H3. The van der Waals surface area contributed by atoms with Gasteiger partial charge in [0.15, 0.2) is 21.2 Å². The van der Waals surface area contributed by atoms with Crippen LogP contribution in [-0.4, -0.2) is 24.0 Å². The zero-order valence-electron chi connectivity index (χ0n) is 6.44. The summed E-state index contributed by atoms with van der Waals surface area (Å²) in [5.74, 6) is 0.426. The van der Waals surface area contributed by atoms with Gasteiger partial charge in [-0.1, -0.05) is 0 Å². The first kappa shape index (κ1) is 8.12. The summed E-state index contributed by atoms with van der Waals surface area (Å²) >= 11 is 1.07. The van der Waals surface area contributed by atoms with Gasteiger partial charge in [-0.25, -0.2) is 13.4 Å². The average molecular weight is 203 g/mol. The first-order valence-electron chi connectivity index (χ1n) is 3.46. The maximum atomic E-state index is 11.3. The second-order valence-electron chi connectivity index (χ2n) is 2.98. The molecule has 1 aromatic heterocycles. The number of rotatable bonds is 2. The second kappa shape index (κ2) is 2.26. The minimum absolute atomic E-state index is 0.426. The lowest BCUT2D eigenvalue weighted by molar-refractivity contribution is 0.583. The van der Waals surface area contributed by atoms with Crippen LogP contribution in [0.5, 0.6) is 0 Å². The topological polar surface area (TPSA) is 59.9 Å². The first-order valence-corrected chi connectivity index (χ1v) is 6.13. The van der Waals surface area contributed by atoms with Gasteiger partial charge in [0.05, 0.1) is 0 Å². The molecule has 1 heterocycles. The minimum atomic E-state index is -3.05. The van der Waals surface area contributed by atoms with Crippen molar-refractivity contribution in [2.75, 3.05) is 6.26 Å². The van der Waals surface area contributed by atoms with Gasteiger partial charge in [0.2, 0.25) is 0 Å². The highest BCUT2D eigenvalue weighted by Gasteiger charge is 2.56. The summed E-state index contributed by atoms with van der Waals surface area (Å²) in [5, 5.41) is 0. The maximum absolute atomic E-state index is 11.3. The number of aromatic nitrogens is 2. The molecule has 1 radical (unpaired) electrons. The third-order valence-electron chi connectivity index (χ3n) is 2.15. The highest BCUT2D eigenvalue weighted by atomic mass is 32.2. The van der Waals surface area contributed by atoms with E-state index in [1.54, 1.807) is 0 Å². The monoisotopic (exact) mass is 203 g/mol. The molecule has 0 aliphatic heterocycles. The summed E-state index contributed by atoms with van der Waals surface area (Å²) in [6.45, 7) is 0. The summed E-state index contributed by atoms with van der Waals surface area (Å²) in [6.07, 6.45) is 2.54. The molecule has 1 fully saturated rings. The molecule has 6 heteroatoms. The SMILES string of the molecule is CS(=O)(=O)C1(c2n[c]sn2)CC1. The van der Waals surface area contributed by atoms with Crippen LogP contribution in [0.3, 0.4) is 0 Å². The Bertz CT molecular complexity index is 378. The molecular formula is C6H7N2O2S2.